The number of hydrogen-bond acceptors (Lipinski definition) is 4. The summed E-state index contributed by atoms with van der Waals surface area (Å²) in [6.45, 7) is 0. The van der Waals surface area contributed by atoms with Gasteiger partial charge in [0, 0.05) is 11.3 Å². The Kier molecular flexibility index (Phi) is 7.38. The molecule has 5 rings (SSSR count). The Morgan fingerprint density at radius 2 is 1.56 bits per heavy atom. The molecule has 0 radical (unpaired) electrons. The van der Waals surface area contributed by atoms with Gasteiger partial charge in [-0.05, 0) is 72.0 Å². The van der Waals surface area contributed by atoms with Crippen molar-refractivity contribution < 1.29 is 33.7 Å². The number of nitrogens with zero attached hydrogens (tertiary/aromatic N) is 1. The van der Waals surface area contributed by atoms with Gasteiger partial charge in [0.1, 0.15) is 11.6 Å². The van der Waals surface area contributed by atoms with Crippen LogP contribution < -0.4 is 10.2 Å². The fourth-order valence-electron chi connectivity index (χ4n) is 5.09. The molecule has 1 fully saturated rings. The Bertz CT molecular complexity index is 1540. The van der Waals surface area contributed by atoms with Crippen LogP contribution in [-0.4, -0.2) is 25.9 Å². The number of carbonyl (C=O) groups excluding carboxylic acids is 1. The number of anilines is 1. The molecule has 0 unspecified atom stereocenters. The molecule has 9 heteroatoms. The van der Waals surface area contributed by atoms with E-state index in [4.69, 9.17) is 0 Å². The van der Waals surface area contributed by atoms with Crippen LogP contribution in [0.15, 0.2) is 97.1 Å². The molecule has 7 nitrogen and oxygen atoms in total. The van der Waals surface area contributed by atoms with E-state index in [1.807, 2.05) is 30.3 Å². The number of benzene rings is 4. The molecule has 39 heavy (non-hydrogen) atoms. The van der Waals surface area contributed by atoms with E-state index in [0.717, 1.165) is 5.56 Å². The summed E-state index contributed by atoms with van der Waals surface area (Å²) in [6, 6.07) is 25.0. The van der Waals surface area contributed by atoms with Crippen LogP contribution in [0.2, 0.25) is 0 Å². The van der Waals surface area contributed by atoms with Crippen LogP contribution in [0, 0.1) is 11.7 Å². The van der Waals surface area contributed by atoms with Crippen molar-refractivity contribution in [2.24, 2.45) is 5.92 Å². The number of aliphatic hydroxyl groups is 1. The van der Waals surface area contributed by atoms with Crippen LogP contribution >= 0.6 is 7.60 Å². The molecular formula is C30H27FNO6P. The fourth-order valence-corrected chi connectivity index (χ4v) is 5.68. The number of carbonyl (C=O) groups is 1. The van der Waals surface area contributed by atoms with Gasteiger partial charge < -0.3 is 24.9 Å². The van der Waals surface area contributed by atoms with Crippen molar-refractivity contribution in [1.29, 1.82) is 0 Å². The highest BCUT2D eigenvalue weighted by Gasteiger charge is 2.49. The van der Waals surface area contributed by atoms with Crippen molar-refractivity contribution in [2.45, 2.75) is 25.0 Å². The molecule has 200 valence electrons. The topological polar surface area (TPSA) is 118 Å². The van der Waals surface area contributed by atoms with Crippen molar-refractivity contribution in [3.63, 3.8) is 0 Å². The average molecular weight is 548 g/mol. The number of rotatable bonds is 8. The zero-order valence-corrected chi connectivity index (χ0v) is 21.7. The molecule has 0 aliphatic carbocycles. The number of hydrogen-bond donors (Lipinski definition) is 4. The Hall–Kier alpha value is -3.81. The van der Waals surface area contributed by atoms with Crippen LogP contribution in [0.4, 0.5) is 10.1 Å². The first-order chi connectivity index (χ1) is 18.6. The van der Waals surface area contributed by atoms with Gasteiger partial charge in [-0.3, -0.25) is 9.36 Å². The van der Waals surface area contributed by atoms with Crippen LogP contribution in [0.3, 0.4) is 0 Å². The van der Waals surface area contributed by atoms with Gasteiger partial charge in [-0.25, -0.2) is 4.39 Å². The zero-order chi connectivity index (χ0) is 27.7. The van der Waals surface area contributed by atoms with E-state index >= 15 is 0 Å². The summed E-state index contributed by atoms with van der Waals surface area (Å²) < 4.78 is 25.3. The van der Waals surface area contributed by atoms with E-state index in [1.165, 1.54) is 53.4 Å². The average Bonchev–Trinajstić information content (AvgIpc) is 2.93. The quantitative estimate of drug-likeness (QED) is 0.178. The van der Waals surface area contributed by atoms with Gasteiger partial charge in [0.2, 0.25) is 5.91 Å². The Morgan fingerprint density at radius 1 is 0.872 bits per heavy atom. The number of phenols is 1. The Balaban J connectivity index is 1.46. The third-order valence-electron chi connectivity index (χ3n) is 7.12. The number of aliphatic hydroxyl groups excluding tert-OH is 1. The zero-order valence-electron chi connectivity index (χ0n) is 20.8. The first kappa shape index (κ1) is 26.8. The minimum absolute atomic E-state index is 0.0905. The summed E-state index contributed by atoms with van der Waals surface area (Å²) in [5, 5.41) is 21.6. The number of amides is 1. The van der Waals surface area contributed by atoms with Crippen LogP contribution in [-0.2, 0) is 9.36 Å². The number of aromatic hydroxyl groups is 1. The minimum Gasteiger partial charge on any atom is -0.508 e. The van der Waals surface area contributed by atoms with Gasteiger partial charge in [-0.15, -0.1) is 0 Å². The SMILES string of the molecule is O=C1[C@H](CC[C@H](O)c2ccccc2)[C@@H](c2ccc(-c3cccc(P(=O)(O)O)c3)cc2O)N1c1ccc(F)cc1. The van der Waals surface area contributed by atoms with Crippen LogP contribution in [0.25, 0.3) is 11.1 Å². The van der Waals surface area contributed by atoms with Crippen molar-refractivity contribution in [2.75, 3.05) is 4.90 Å². The normalized spacial score (nSPS) is 18.1. The molecule has 1 amide bonds. The molecule has 1 saturated heterocycles. The molecule has 4 aromatic rings. The van der Waals surface area contributed by atoms with Gasteiger partial charge in [-0.2, -0.15) is 0 Å². The van der Waals surface area contributed by atoms with Gasteiger partial charge in [0.05, 0.1) is 23.4 Å². The van der Waals surface area contributed by atoms with E-state index in [9.17, 15) is 33.7 Å². The lowest BCUT2D eigenvalue weighted by Crippen LogP contribution is -2.55. The highest BCUT2D eigenvalue weighted by Crippen LogP contribution is 2.49. The molecule has 0 spiro atoms. The molecule has 1 aliphatic heterocycles. The standard InChI is InChI=1S/C30H27FNO6P/c31-22-10-12-23(13-11-22)32-29(26(30(32)35)15-16-27(33)19-5-2-1-3-6-19)25-14-9-21(18-28(25)34)20-7-4-8-24(17-20)39(36,37)38/h1-14,17-18,26-27,29,33-34H,15-16H2,(H2,36,37,38)/t26-,27+,29-/m1/s1. The van der Waals surface area contributed by atoms with Crippen molar-refractivity contribution in [1.82, 2.24) is 0 Å². The molecule has 3 atom stereocenters. The van der Waals surface area contributed by atoms with Crippen LogP contribution in [0.5, 0.6) is 5.75 Å². The smallest absolute Gasteiger partial charge is 0.356 e. The first-order valence-electron chi connectivity index (χ1n) is 12.4. The molecule has 4 aromatic carbocycles. The molecule has 1 heterocycles. The molecular weight excluding hydrogens is 520 g/mol. The fraction of sp³-hybridized carbons (Fsp3) is 0.167. The van der Waals surface area contributed by atoms with Gasteiger partial charge in [-0.1, -0.05) is 54.6 Å². The van der Waals surface area contributed by atoms with Gasteiger partial charge in [0.25, 0.3) is 0 Å². The van der Waals surface area contributed by atoms with E-state index in [1.54, 1.807) is 18.2 Å². The first-order valence-corrected chi connectivity index (χ1v) is 14.1. The number of β-lactam (4-membered cyclic amide) rings is 1. The number of halogens is 1. The van der Waals surface area contributed by atoms with E-state index in [2.05, 4.69) is 0 Å². The second-order valence-corrected chi connectivity index (χ2v) is 11.2. The second-order valence-electron chi connectivity index (χ2n) is 9.61. The van der Waals surface area contributed by atoms with E-state index < -0.39 is 31.5 Å². The Labute approximate surface area is 225 Å². The summed E-state index contributed by atoms with van der Waals surface area (Å²) in [4.78, 5) is 33.9. The largest absolute Gasteiger partial charge is 0.508 e. The maximum Gasteiger partial charge on any atom is 0.356 e. The predicted molar refractivity (Wildman–Crippen MR) is 146 cm³/mol. The third kappa shape index (κ3) is 5.51. The summed E-state index contributed by atoms with van der Waals surface area (Å²) in [5.74, 6) is -1.24. The van der Waals surface area contributed by atoms with E-state index in [-0.39, 0.29) is 17.0 Å². The summed E-state index contributed by atoms with van der Waals surface area (Å²) in [6.07, 6.45) is -0.0536. The molecule has 0 aromatic heterocycles. The number of phenolic OH excluding ortho intramolecular Hbond substituents is 1. The lowest BCUT2D eigenvalue weighted by atomic mass is 9.77. The molecule has 4 N–H and O–H groups in total. The van der Waals surface area contributed by atoms with Gasteiger partial charge >= 0.3 is 7.60 Å². The maximum absolute atomic E-state index is 13.6. The third-order valence-corrected chi connectivity index (χ3v) is 8.07. The Morgan fingerprint density at radius 3 is 2.23 bits per heavy atom. The second kappa shape index (κ2) is 10.8. The van der Waals surface area contributed by atoms with Crippen LogP contribution in [0.1, 0.15) is 36.1 Å². The summed E-state index contributed by atoms with van der Waals surface area (Å²) in [5.41, 5.74) is 2.78. The minimum atomic E-state index is -4.45. The molecule has 0 saturated carbocycles. The van der Waals surface area contributed by atoms with Crippen molar-refractivity contribution in [3.05, 3.63) is 114 Å². The maximum atomic E-state index is 13.6. The van der Waals surface area contributed by atoms with Crippen molar-refractivity contribution >= 4 is 24.5 Å². The highest BCUT2D eigenvalue weighted by molar-refractivity contribution is 7.60. The predicted octanol–water partition coefficient (Wildman–Crippen LogP) is 5.22. The van der Waals surface area contributed by atoms with Crippen molar-refractivity contribution in [3.8, 4) is 16.9 Å². The highest BCUT2D eigenvalue weighted by atomic mass is 31.2. The lowest BCUT2D eigenvalue weighted by molar-refractivity contribution is -0.131. The summed E-state index contributed by atoms with van der Waals surface area (Å²) >= 11 is 0. The van der Waals surface area contributed by atoms with E-state index in [0.29, 0.717) is 35.2 Å². The molecule has 1 aliphatic rings. The van der Waals surface area contributed by atoms with Gasteiger partial charge in [0.15, 0.2) is 0 Å². The summed E-state index contributed by atoms with van der Waals surface area (Å²) in [7, 11) is -4.45. The molecule has 0 bridgehead atoms. The lowest BCUT2D eigenvalue weighted by Gasteiger charge is -2.48. The monoisotopic (exact) mass is 547 g/mol.